The number of rotatable bonds is 37. The summed E-state index contributed by atoms with van der Waals surface area (Å²) in [5.41, 5.74) is 0. The molecular formula is C40H80NO7P. The summed E-state index contributed by atoms with van der Waals surface area (Å²) in [6, 6.07) is 0. The molecule has 0 fully saturated rings. The fraction of sp³-hybridized carbons (Fsp3) is 0.950. The van der Waals surface area contributed by atoms with Crippen molar-refractivity contribution in [3.8, 4) is 0 Å². The summed E-state index contributed by atoms with van der Waals surface area (Å²) >= 11 is 0. The van der Waals surface area contributed by atoms with Crippen molar-refractivity contribution in [2.45, 2.75) is 200 Å². The third-order valence-electron chi connectivity index (χ3n) is 9.20. The van der Waals surface area contributed by atoms with Crippen LogP contribution in [0.25, 0.3) is 0 Å². The SMILES string of the molecule is CCCCCCCCCCCCCCCC(=O)OC[C@@H](COP(=O)([O-])CC[N+](C)(C)C)OC(=O)CCCCCCCCCCCCCCC. The molecule has 0 saturated carbocycles. The Balaban J connectivity index is 4.33. The van der Waals surface area contributed by atoms with E-state index < -0.39 is 19.7 Å². The summed E-state index contributed by atoms with van der Waals surface area (Å²) < 4.78 is 29.2. The van der Waals surface area contributed by atoms with E-state index in [1.165, 1.54) is 128 Å². The first-order chi connectivity index (χ1) is 23.5. The highest BCUT2D eigenvalue weighted by atomic mass is 31.2. The maximum Gasteiger partial charge on any atom is 0.306 e. The Hall–Kier alpha value is -0.950. The molecule has 0 saturated heterocycles. The Bertz CT molecular complexity index is 817. The average molecular weight is 718 g/mol. The second kappa shape index (κ2) is 32.9. The van der Waals surface area contributed by atoms with Crippen LogP contribution < -0.4 is 4.89 Å². The third-order valence-corrected chi connectivity index (χ3v) is 10.5. The van der Waals surface area contributed by atoms with Gasteiger partial charge in [-0.15, -0.1) is 0 Å². The second-order valence-electron chi connectivity index (χ2n) is 15.4. The van der Waals surface area contributed by atoms with Crippen LogP contribution in [0, 0.1) is 0 Å². The maximum absolute atomic E-state index is 12.6. The lowest BCUT2D eigenvalue weighted by Crippen LogP contribution is -2.38. The van der Waals surface area contributed by atoms with E-state index in [0.717, 1.165) is 38.5 Å². The van der Waals surface area contributed by atoms with Crippen LogP contribution in [-0.4, -0.2) is 69.6 Å². The topological polar surface area (TPSA) is 102 Å². The molecule has 0 N–H and O–H groups in total. The first kappa shape index (κ1) is 48.0. The van der Waals surface area contributed by atoms with Crippen LogP contribution in [-0.2, 0) is 28.2 Å². The van der Waals surface area contributed by atoms with Crippen LogP contribution in [0.1, 0.15) is 194 Å². The van der Waals surface area contributed by atoms with Crippen LogP contribution in [0.4, 0.5) is 0 Å². The molecule has 0 heterocycles. The molecule has 0 amide bonds. The number of hydrogen-bond donors (Lipinski definition) is 0. The summed E-state index contributed by atoms with van der Waals surface area (Å²) in [5.74, 6) is -0.757. The van der Waals surface area contributed by atoms with Crippen LogP contribution in [0.3, 0.4) is 0 Å². The fourth-order valence-corrected chi connectivity index (χ4v) is 7.24. The zero-order valence-corrected chi connectivity index (χ0v) is 33.9. The zero-order chi connectivity index (χ0) is 36.5. The van der Waals surface area contributed by atoms with Gasteiger partial charge in [0.25, 0.3) is 0 Å². The highest BCUT2D eigenvalue weighted by Gasteiger charge is 2.22. The molecule has 0 aliphatic rings. The highest BCUT2D eigenvalue weighted by Crippen LogP contribution is 2.37. The number of quaternary nitrogens is 1. The molecule has 0 aliphatic heterocycles. The quantitative estimate of drug-likeness (QED) is 0.0273. The smallest absolute Gasteiger partial charge is 0.306 e. The van der Waals surface area contributed by atoms with Crippen molar-refractivity contribution in [3.63, 3.8) is 0 Å². The Morgan fingerprint density at radius 2 is 0.898 bits per heavy atom. The van der Waals surface area contributed by atoms with Crippen molar-refractivity contribution in [2.24, 2.45) is 0 Å². The molecule has 0 rings (SSSR count). The van der Waals surface area contributed by atoms with Gasteiger partial charge in [-0.3, -0.25) is 9.59 Å². The lowest BCUT2D eigenvalue weighted by molar-refractivity contribution is -0.868. The predicted molar refractivity (Wildman–Crippen MR) is 203 cm³/mol. The molecule has 0 aromatic carbocycles. The molecule has 8 nitrogen and oxygen atoms in total. The van der Waals surface area contributed by atoms with E-state index in [4.69, 9.17) is 14.0 Å². The average Bonchev–Trinajstić information content (AvgIpc) is 3.05. The molecule has 0 radical (unpaired) electrons. The van der Waals surface area contributed by atoms with E-state index in [-0.39, 0.29) is 31.8 Å². The van der Waals surface area contributed by atoms with Crippen molar-refractivity contribution in [1.82, 2.24) is 0 Å². The number of ether oxygens (including phenoxy) is 2. The number of nitrogens with zero attached hydrogens (tertiary/aromatic N) is 1. The largest absolute Gasteiger partial charge is 0.778 e. The summed E-state index contributed by atoms with van der Waals surface area (Å²) in [6.07, 6.45) is 31.4. The lowest BCUT2D eigenvalue weighted by atomic mass is 10.0. The molecule has 292 valence electrons. The van der Waals surface area contributed by atoms with E-state index in [0.29, 0.717) is 17.4 Å². The summed E-state index contributed by atoms with van der Waals surface area (Å²) in [6.45, 7) is 4.37. The highest BCUT2D eigenvalue weighted by molar-refractivity contribution is 7.51. The monoisotopic (exact) mass is 718 g/mol. The van der Waals surface area contributed by atoms with Crippen LogP contribution in [0.5, 0.6) is 0 Å². The summed E-state index contributed by atoms with van der Waals surface area (Å²) in [5, 5.41) is 0. The van der Waals surface area contributed by atoms with Crippen LogP contribution in [0.15, 0.2) is 0 Å². The molecule has 0 bridgehead atoms. The first-order valence-corrected chi connectivity index (χ1v) is 22.3. The van der Waals surface area contributed by atoms with Crippen molar-refractivity contribution in [1.29, 1.82) is 0 Å². The number of carbonyl (C=O) groups is 2. The van der Waals surface area contributed by atoms with Gasteiger partial charge in [0, 0.05) is 12.8 Å². The van der Waals surface area contributed by atoms with Gasteiger partial charge in [0.15, 0.2) is 6.10 Å². The number of carbonyl (C=O) groups excluding carboxylic acids is 2. The van der Waals surface area contributed by atoms with Crippen molar-refractivity contribution in [2.75, 3.05) is 47.1 Å². The van der Waals surface area contributed by atoms with Gasteiger partial charge < -0.3 is 27.9 Å². The van der Waals surface area contributed by atoms with Gasteiger partial charge >= 0.3 is 11.9 Å². The summed E-state index contributed by atoms with van der Waals surface area (Å²) in [7, 11) is 1.62. The molecule has 49 heavy (non-hydrogen) atoms. The Kier molecular flexibility index (Phi) is 32.3. The van der Waals surface area contributed by atoms with Crippen LogP contribution in [0.2, 0.25) is 0 Å². The predicted octanol–water partition coefficient (Wildman–Crippen LogP) is 10.7. The number of unbranched alkanes of at least 4 members (excludes halogenated alkanes) is 24. The van der Waals surface area contributed by atoms with Gasteiger partial charge in [-0.05, 0) is 12.8 Å². The Morgan fingerprint density at radius 1 is 0.551 bits per heavy atom. The Morgan fingerprint density at radius 3 is 1.27 bits per heavy atom. The minimum Gasteiger partial charge on any atom is -0.778 e. The standard InChI is InChI=1S/C40H80NO7P/c1-6-8-10-12-14-16-18-20-22-24-26-28-30-32-39(42)46-36-38(37-47-49(44,45)35-34-41(3,4)5)48-40(43)33-31-29-27-25-23-21-19-17-15-13-11-9-7-2/h38H,6-37H2,1-5H3/t38-/m0/s1. The zero-order valence-electron chi connectivity index (χ0n) is 33.0. The maximum atomic E-state index is 12.6. The molecule has 0 spiro atoms. The van der Waals surface area contributed by atoms with Crippen molar-refractivity contribution in [3.05, 3.63) is 0 Å². The first-order valence-electron chi connectivity index (χ1n) is 20.6. The lowest BCUT2D eigenvalue weighted by Gasteiger charge is -2.30. The normalized spacial score (nSPS) is 13.7. The van der Waals surface area contributed by atoms with Gasteiger partial charge in [0.05, 0.1) is 40.5 Å². The van der Waals surface area contributed by atoms with Crippen LogP contribution >= 0.6 is 7.60 Å². The fourth-order valence-electron chi connectivity index (χ4n) is 5.88. The molecule has 2 atom stereocenters. The Labute approximate surface area is 303 Å². The third kappa shape index (κ3) is 36.6. The van der Waals surface area contributed by atoms with Gasteiger partial charge in [0.1, 0.15) is 14.2 Å². The molecular weight excluding hydrogens is 637 g/mol. The minimum absolute atomic E-state index is 0.116. The molecule has 1 unspecified atom stereocenters. The van der Waals surface area contributed by atoms with E-state index >= 15 is 0 Å². The number of hydrogen-bond acceptors (Lipinski definition) is 7. The van der Waals surface area contributed by atoms with Gasteiger partial charge in [0.2, 0.25) is 0 Å². The molecule has 0 aromatic heterocycles. The number of esters is 2. The second-order valence-corrected chi connectivity index (χ2v) is 17.4. The summed E-state index contributed by atoms with van der Waals surface area (Å²) in [4.78, 5) is 37.6. The van der Waals surface area contributed by atoms with Crippen molar-refractivity contribution < 1.29 is 37.5 Å². The van der Waals surface area contributed by atoms with E-state index in [9.17, 15) is 19.0 Å². The van der Waals surface area contributed by atoms with Gasteiger partial charge in [-0.2, -0.15) is 0 Å². The molecule has 0 aromatic rings. The van der Waals surface area contributed by atoms with E-state index in [2.05, 4.69) is 13.8 Å². The molecule has 9 heteroatoms. The van der Waals surface area contributed by atoms with Gasteiger partial charge in [-0.25, -0.2) is 0 Å². The van der Waals surface area contributed by atoms with E-state index in [1.807, 2.05) is 21.1 Å². The van der Waals surface area contributed by atoms with E-state index in [1.54, 1.807) is 0 Å². The van der Waals surface area contributed by atoms with Crippen molar-refractivity contribution >= 4 is 19.5 Å². The van der Waals surface area contributed by atoms with Gasteiger partial charge in [-0.1, -0.05) is 168 Å². The molecule has 0 aliphatic carbocycles. The minimum atomic E-state index is -4.13.